The molecule has 160 valence electrons. The minimum Gasteiger partial charge on any atom is -0.337 e. The molecule has 30 heavy (non-hydrogen) atoms. The molecule has 4 heterocycles. The van der Waals surface area contributed by atoms with Crippen molar-refractivity contribution in [1.29, 1.82) is 0 Å². The van der Waals surface area contributed by atoms with Crippen LogP contribution >= 0.6 is 11.3 Å². The van der Waals surface area contributed by atoms with E-state index in [-0.39, 0.29) is 22.9 Å². The Morgan fingerprint density at radius 2 is 1.87 bits per heavy atom. The van der Waals surface area contributed by atoms with Crippen molar-refractivity contribution in [2.75, 3.05) is 13.1 Å². The van der Waals surface area contributed by atoms with Crippen LogP contribution in [0.25, 0.3) is 10.2 Å². The topological polar surface area (TPSA) is 83.9 Å². The second kappa shape index (κ2) is 7.34. The number of amides is 1. The summed E-state index contributed by atoms with van der Waals surface area (Å²) in [5.74, 6) is 0.697. The first-order valence-corrected chi connectivity index (χ1v) is 11.2. The lowest BCUT2D eigenvalue weighted by atomic mass is 9.92. The Kier molecular flexibility index (Phi) is 5.08. The summed E-state index contributed by atoms with van der Waals surface area (Å²) in [6, 6.07) is 1.91. The lowest BCUT2D eigenvalue weighted by Gasteiger charge is -2.33. The van der Waals surface area contributed by atoms with E-state index in [9.17, 15) is 9.59 Å². The Hall–Kier alpha value is -2.48. The molecule has 0 aromatic carbocycles. The number of H-pyrrole nitrogens is 1. The van der Waals surface area contributed by atoms with Crippen molar-refractivity contribution in [2.45, 2.75) is 65.8 Å². The van der Waals surface area contributed by atoms with E-state index >= 15 is 0 Å². The standard InChI is InChI=1S/C22H29N5O2S/c1-12-13(2)30-19-18(12)21(29)27(14(3)23-19)15-7-9-26(10-8-15)20(28)16-11-17(25-24-16)22(4,5)6/h11,15H,7-10H2,1-6H3,(H,24,25). The first-order chi connectivity index (χ1) is 14.1. The number of fused-ring (bicyclic) bond motifs is 1. The van der Waals surface area contributed by atoms with Crippen molar-refractivity contribution in [3.05, 3.63) is 44.1 Å². The number of aromatic amines is 1. The monoisotopic (exact) mass is 427 g/mol. The number of thiophene rings is 1. The molecule has 0 aliphatic carbocycles. The molecule has 0 unspecified atom stereocenters. The van der Waals surface area contributed by atoms with Crippen LogP contribution in [-0.2, 0) is 5.41 Å². The minimum atomic E-state index is -0.0823. The molecule has 0 radical (unpaired) electrons. The fourth-order valence-corrected chi connectivity index (χ4v) is 5.21. The number of aryl methyl sites for hydroxylation is 3. The Morgan fingerprint density at radius 1 is 1.20 bits per heavy atom. The molecule has 3 aromatic heterocycles. The molecule has 1 saturated heterocycles. The second-order valence-electron chi connectivity index (χ2n) is 9.24. The zero-order valence-corrected chi connectivity index (χ0v) is 19.3. The van der Waals surface area contributed by atoms with Crippen molar-refractivity contribution >= 4 is 27.5 Å². The summed E-state index contributed by atoms with van der Waals surface area (Å²) in [5.41, 5.74) is 2.40. The molecule has 8 heteroatoms. The first kappa shape index (κ1) is 20.8. The van der Waals surface area contributed by atoms with Gasteiger partial charge in [0.2, 0.25) is 0 Å². The number of nitrogens with one attached hydrogen (secondary N) is 1. The van der Waals surface area contributed by atoms with Crippen molar-refractivity contribution in [3.63, 3.8) is 0 Å². The number of hydrogen-bond donors (Lipinski definition) is 1. The van der Waals surface area contributed by atoms with Gasteiger partial charge in [-0.25, -0.2) is 4.98 Å². The van der Waals surface area contributed by atoms with Gasteiger partial charge in [0.15, 0.2) is 0 Å². The smallest absolute Gasteiger partial charge is 0.274 e. The maximum Gasteiger partial charge on any atom is 0.274 e. The van der Waals surface area contributed by atoms with Crippen LogP contribution in [0, 0.1) is 20.8 Å². The summed E-state index contributed by atoms with van der Waals surface area (Å²) < 4.78 is 1.84. The zero-order chi connectivity index (χ0) is 21.8. The van der Waals surface area contributed by atoms with Crippen molar-refractivity contribution < 1.29 is 4.79 Å². The highest BCUT2D eigenvalue weighted by Gasteiger charge is 2.29. The summed E-state index contributed by atoms with van der Waals surface area (Å²) in [4.78, 5) is 34.7. The van der Waals surface area contributed by atoms with E-state index in [4.69, 9.17) is 4.98 Å². The lowest BCUT2D eigenvalue weighted by Crippen LogP contribution is -2.41. The van der Waals surface area contributed by atoms with Gasteiger partial charge >= 0.3 is 0 Å². The quantitative estimate of drug-likeness (QED) is 0.673. The van der Waals surface area contributed by atoms with Gasteiger partial charge in [-0.1, -0.05) is 20.8 Å². The molecule has 4 rings (SSSR count). The average molecular weight is 428 g/mol. The number of carbonyl (C=O) groups is 1. The molecule has 7 nitrogen and oxygen atoms in total. The van der Waals surface area contributed by atoms with E-state index < -0.39 is 0 Å². The van der Waals surface area contributed by atoms with Gasteiger partial charge in [-0.05, 0) is 45.2 Å². The van der Waals surface area contributed by atoms with Gasteiger partial charge in [-0.2, -0.15) is 5.10 Å². The van der Waals surface area contributed by atoms with Crippen LogP contribution in [0.1, 0.15) is 72.1 Å². The minimum absolute atomic E-state index is 0.0475. The van der Waals surface area contributed by atoms with Crippen LogP contribution in [0.15, 0.2) is 10.9 Å². The van der Waals surface area contributed by atoms with E-state index in [1.54, 1.807) is 11.3 Å². The number of nitrogens with zero attached hydrogens (tertiary/aromatic N) is 4. The van der Waals surface area contributed by atoms with Crippen LogP contribution in [0.3, 0.4) is 0 Å². The number of likely N-dealkylation sites (tertiary alicyclic amines) is 1. The molecule has 0 bridgehead atoms. The number of rotatable bonds is 2. The van der Waals surface area contributed by atoms with Gasteiger partial charge in [0, 0.05) is 35.1 Å². The van der Waals surface area contributed by atoms with Crippen molar-refractivity contribution in [3.8, 4) is 0 Å². The molecule has 1 amide bonds. The molecule has 1 fully saturated rings. The Bertz CT molecular complexity index is 1170. The van der Waals surface area contributed by atoms with E-state index in [0.29, 0.717) is 18.8 Å². The number of carbonyl (C=O) groups excluding carboxylic acids is 1. The van der Waals surface area contributed by atoms with Crippen LogP contribution < -0.4 is 5.56 Å². The molecule has 1 aliphatic heterocycles. The molecule has 0 saturated carbocycles. The largest absolute Gasteiger partial charge is 0.337 e. The van der Waals surface area contributed by atoms with Gasteiger partial charge < -0.3 is 4.90 Å². The molecule has 0 atom stereocenters. The Balaban J connectivity index is 1.54. The van der Waals surface area contributed by atoms with Crippen LogP contribution in [-0.4, -0.2) is 43.6 Å². The molecular formula is C22H29N5O2S. The highest BCUT2D eigenvalue weighted by Crippen LogP contribution is 2.29. The summed E-state index contributed by atoms with van der Waals surface area (Å²) >= 11 is 1.58. The van der Waals surface area contributed by atoms with E-state index in [1.807, 2.05) is 36.3 Å². The van der Waals surface area contributed by atoms with Crippen molar-refractivity contribution in [2.24, 2.45) is 0 Å². The number of piperidine rings is 1. The van der Waals surface area contributed by atoms with Gasteiger partial charge in [0.05, 0.1) is 5.39 Å². The summed E-state index contributed by atoms with van der Waals surface area (Å²) in [6.45, 7) is 13.4. The normalized spacial score (nSPS) is 15.9. The summed E-state index contributed by atoms with van der Waals surface area (Å²) in [5, 5.41) is 7.96. The van der Waals surface area contributed by atoms with Gasteiger partial charge in [0.1, 0.15) is 16.3 Å². The fraction of sp³-hybridized carbons (Fsp3) is 0.545. The Labute approximate surface area is 180 Å². The third-order valence-corrected chi connectivity index (χ3v) is 7.23. The van der Waals surface area contributed by atoms with Gasteiger partial charge in [0.25, 0.3) is 11.5 Å². The molecular weight excluding hydrogens is 398 g/mol. The highest BCUT2D eigenvalue weighted by atomic mass is 32.1. The molecule has 0 spiro atoms. The van der Waals surface area contributed by atoms with E-state index in [1.165, 1.54) is 0 Å². The van der Waals surface area contributed by atoms with Crippen LogP contribution in [0.4, 0.5) is 0 Å². The predicted molar refractivity (Wildman–Crippen MR) is 120 cm³/mol. The Morgan fingerprint density at radius 3 is 2.47 bits per heavy atom. The van der Waals surface area contributed by atoms with Gasteiger partial charge in [-0.3, -0.25) is 19.3 Å². The molecule has 1 N–H and O–H groups in total. The first-order valence-electron chi connectivity index (χ1n) is 10.4. The van der Waals surface area contributed by atoms with Crippen LogP contribution in [0.2, 0.25) is 0 Å². The van der Waals surface area contributed by atoms with Gasteiger partial charge in [-0.15, -0.1) is 11.3 Å². The SMILES string of the molecule is Cc1sc2nc(C)n(C3CCN(C(=O)c4cc(C(C)(C)C)[nH]n4)CC3)c(=O)c2c1C. The fourth-order valence-electron chi connectivity index (χ4n) is 4.14. The lowest BCUT2D eigenvalue weighted by molar-refractivity contribution is 0.0686. The molecule has 1 aliphatic rings. The highest BCUT2D eigenvalue weighted by molar-refractivity contribution is 7.18. The molecule has 3 aromatic rings. The maximum atomic E-state index is 13.3. The number of hydrogen-bond acceptors (Lipinski definition) is 5. The third-order valence-electron chi connectivity index (χ3n) is 6.13. The zero-order valence-electron chi connectivity index (χ0n) is 18.5. The maximum absolute atomic E-state index is 13.3. The predicted octanol–water partition coefficient (Wildman–Crippen LogP) is 3.88. The third kappa shape index (κ3) is 3.47. The summed E-state index contributed by atoms with van der Waals surface area (Å²) in [7, 11) is 0. The van der Waals surface area contributed by atoms with Crippen LogP contribution in [0.5, 0.6) is 0 Å². The van der Waals surface area contributed by atoms with E-state index in [2.05, 4.69) is 31.0 Å². The number of aromatic nitrogens is 4. The van der Waals surface area contributed by atoms with E-state index in [0.717, 1.165) is 45.0 Å². The summed E-state index contributed by atoms with van der Waals surface area (Å²) in [6.07, 6.45) is 1.47. The average Bonchev–Trinajstić information content (AvgIpc) is 3.27. The van der Waals surface area contributed by atoms with Crippen molar-refractivity contribution in [1.82, 2.24) is 24.6 Å². The second-order valence-corrected chi connectivity index (χ2v) is 10.4.